The van der Waals surface area contributed by atoms with E-state index in [1.807, 2.05) is 37.2 Å². The number of unbranched alkanes of at least 4 members (excludes halogenated alkanes) is 1. The standard InChI is InChI=1S/C27H34N2O5/c1-5-6-18-34-20-14-12-19(13-15-20)25(30)23-24(21-10-7-8-11-22(21)33-4)29(27(32)26(23)31)17-9-16-28(2)3/h7-8,10-15,24,30H,5-6,9,16-18H2,1-4H3/b25-23+/t24-/m1/s1. The zero-order chi connectivity index (χ0) is 24.7. The van der Waals surface area contributed by atoms with Gasteiger partial charge in [-0.2, -0.15) is 0 Å². The Kier molecular flexibility index (Phi) is 8.71. The molecule has 0 spiro atoms. The van der Waals surface area contributed by atoms with E-state index in [4.69, 9.17) is 9.47 Å². The molecule has 7 heteroatoms. The molecule has 0 bridgehead atoms. The molecule has 1 N–H and O–H groups in total. The molecule has 1 saturated heterocycles. The minimum Gasteiger partial charge on any atom is -0.507 e. The van der Waals surface area contributed by atoms with Crippen molar-refractivity contribution in [3.63, 3.8) is 0 Å². The second-order valence-electron chi connectivity index (χ2n) is 8.62. The lowest BCUT2D eigenvalue weighted by molar-refractivity contribution is -0.140. The average Bonchev–Trinajstić information content (AvgIpc) is 3.09. The quantitative estimate of drug-likeness (QED) is 0.231. The number of hydrogen-bond acceptors (Lipinski definition) is 6. The molecule has 182 valence electrons. The zero-order valence-corrected chi connectivity index (χ0v) is 20.4. The lowest BCUT2D eigenvalue weighted by atomic mass is 9.94. The molecular weight excluding hydrogens is 432 g/mol. The van der Waals surface area contributed by atoms with E-state index in [2.05, 4.69) is 6.92 Å². The maximum atomic E-state index is 13.2. The number of carbonyl (C=O) groups excluding carboxylic acids is 2. The Morgan fingerprint density at radius 2 is 1.76 bits per heavy atom. The van der Waals surface area contributed by atoms with E-state index in [0.717, 1.165) is 19.4 Å². The lowest BCUT2D eigenvalue weighted by Crippen LogP contribution is -2.32. The Morgan fingerprint density at radius 3 is 2.41 bits per heavy atom. The Bertz CT molecular complexity index is 1030. The summed E-state index contributed by atoms with van der Waals surface area (Å²) in [5, 5.41) is 11.2. The number of nitrogens with zero attached hydrogens (tertiary/aromatic N) is 2. The van der Waals surface area contributed by atoms with Gasteiger partial charge in [0.25, 0.3) is 11.7 Å². The van der Waals surface area contributed by atoms with Gasteiger partial charge >= 0.3 is 0 Å². The van der Waals surface area contributed by atoms with E-state index in [0.29, 0.717) is 42.2 Å². The molecule has 34 heavy (non-hydrogen) atoms. The van der Waals surface area contributed by atoms with Crippen LogP contribution in [-0.2, 0) is 9.59 Å². The highest BCUT2D eigenvalue weighted by atomic mass is 16.5. The van der Waals surface area contributed by atoms with Crippen LogP contribution in [0.25, 0.3) is 5.76 Å². The van der Waals surface area contributed by atoms with Crippen LogP contribution in [0.4, 0.5) is 0 Å². The maximum absolute atomic E-state index is 13.2. The third-order valence-electron chi connectivity index (χ3n) is 5.87. The van der Waals surface area contributed by atoms with Crippen LogP contribution in [0.15, 0.2) is 54.1 Å². The van der Waals surface area contributed by atoms with Crippen LogP contribution in [0, 0.1) is 0 Å². The van der Waals surface area contributed by atoms with Gasteiger partial charge in [0.15, 0.2) is 0 Å². The van der Waals surface area contributed by atoms with Crippen molar-refractivity contribution < 1.29 is 24.2 Å². The van der Waals surface area contributed by atoms with E-state index in [-0.39, 0.29) is 11.3 Å². The van der Waals surface area contributed by atoms with Gasteiger partial charge in [0, 0.05) is 17.7 Å². The van der Waals surface area contributed by atoms with Gasteiger partial charge in [-0.3, -0.25) is 9.59 Å². The number of likely N-dealkylation sites (tertiary alicyclic amines) is 1. The van der Waals surface area contributed by atoms with E-state index in [9.17, 15) is 14.7 Å². The molecule has 0 saturated carbocycles. The molecular formula is C27H34N2O5. The van der Waals surface area contributed by atoms with Crippen molar-refractivity contribution in [1.82, 2.24) is 9.80 Å². The predicted molar refractivity (Wildman–Crippen MR) is 132 cm³/mol. The summed E-state index contributed by atoms with van der Waals surface area (Å²) in [5.74, 6) is -0.269. The molecule has 1 fully saturated rings. The topological polar surface area (TPSA) is 79.3 Å². The van der Waals surface area contributed by atoms with Crippen LogP contribution in [0.2, 0.25) is 0 Å². The van der Waals surface area contributed by atoms with Crippen molar-refractivity contribution in [3.05, 3.63) is 65.2 Å². The van der Waals surface area contributed by atoms with E-state index < -0.39 is 17.7 Å². The number of aliphatic hydroxyl groups excluding tert-OH is 1. The first kappa shape index (κ1) is 25.3. The number of rotatable bonds is 11. The number of carbonyl (C=O) groups is 2. The minimum absolute atomic E-state index is 0.0685. The normalized spacial score (nSPS) is 17.4. The fourth-order valence-corrected chi connectivity index (χ4v) is 4.08. The molecule has 2 aromatic carbocycles. The van der Waals surface area contributed by atoms with Crippen molar-refractivity contribution in [3.8, 4) is 11.5 Å². The second kappa shape index (κ2) is 11.7. The molecule has 0 radical (unpaired) electrons. The van der Waals surface area contributed by atoms with Gasteiger partial charge in [-0.15, -0.1) is 0 Å². The average molecular weight is 467 g/mol. The van der Waals surface area contributed by atoms with Gasteiger partial charge in [0.05, 0.1) is 25.3 Å². The van der Waals surface area contributed by atoms with Crippen LogP contribution in [0.5, 0.6) is 11.5 Å². The summed E-state index contributed by atoms with van der Waals surface area (Å²) in [4.78, 5) is 29.8. The number of para-hydroxylation sites is 1. The van der Waals surface area contributed by atoms with Crippen LogP contribution in [0.3, 0.4) is 0 Å². The molecule has 7 nitrogen and oxygen atoms in total. The summed E-state index contributed by atoms with van der Waals surface area (Å²) in [5.41, 5.74) is 1.18. The van der Waals surface area contributed by atoms with Gasteiger partial charge in [-0.1, -0.05) is 31.5 Å². The Labute approximate surface area is 201 Å². The lowest BCUT2D eigenvalue weighted by Gasteiger charge is -2.27. The molecule has 1 aliphatic heterocycles. The van der Waals surface area contributed by atoms with Crippen LogP contribution in [-0.4, -0.2) is 67.5 Å². The second-order valence-corrected chi connectivity index (χ2v) is 8.62. The monoisotopic (exact) mass is 466 g/mol. The van der Waals surface area contributed by atoms with E-state index in [1.54, 1.807) is 37.4 Å². The Balaban J connectivity index is 2.02. The third kappa shape index (κ3) is 5.59. The molecule has 3 rings (SSSR count). The predicted octanol–water partition coefficient (Wildman–Crippen LogP) is 4.25. The number of ketones is 1. The first-order valence-corrected chi connectivity index (χ1v) is 11.7. The van der Waals surface area contributed by atoms with E-state index >= 15 is 0 Å². The number of benzene rings is 2. The smallest absolute Gasteiger partial charge is 0.295 e. The summed E-state index contributed by atoms with van der Waals surface area (Å²) in [6, 6.07) is 13.5. The van der Waals surface area contributed by atoms with Gasteiger partial charge in [-0.05, 0) is 63.8 Å². The highest BCUT2D eigenvalue weighted by Gasteiger charge is 2.46. The number of amides is 1. The summed E-state index contributed by atoms with van der Waals surface area (Å²) < 4.78 is 11.2. The molecule has 0 aromatic heterocycles. The molecule has 2 aromatic rings. The van der Waals surface area contributed by atoms with Gasteiger partial charge < -0.3 is 24.4 Å². The molecule has 0 aliphatic carbocycles. The zero-order valence-electron chi connectivity index (χ0n) is 20.4. The fourth-order valence-electron chi connectivity index (χ4n) is 4.08. The van der Waals surface area contributed by atoms with Crippen LogP contribution in [0.1, 0.15) is 43.4 Å². The van der Waals surface area contributed by atoms with Crippen LogP contribution < -0.4 is 9.47 Å². The number of aliphatic hydroxyl groups is 1. The first-order valence-electron chi connectivity index (χ1n) is 11.7. The highest BCUT2D eigenvalue weighted by molar-refractivity contribution is 6.46. The highest BCUT2D eigenvalue weighted by Crippen LogP contribution is 2.42. The summed E-state index contributed by atoms with van der Waals surface area (Å²) in [6.07, 6.45) is 2.68. The number of hydrogen-bond donors (Lipinski definition) is 1. The molecule has 0 unspecified atom stereocenters. The number of ether oxygens (including phenoxy) is 2. The van der Waals surface area contributed by atoms with Gasteiger partial charge in [0.1, 0.15) is 17.3 Å². The van der Waals surface area contributed by atoms with Crippen molar-refractivity contribution in [2.24, 2.45) is 0 Å². The van der Waals surface area contributed by atoms with Crippen molar-refractivity contribution in [1.29, 1.82) is 0 Å². The maximum Gasteiger partial charge on any atom is 0.295 e. The Morgan fingerprint density at radius 1 is 1.06 bits per heavy atom. The minimum atomic E-state index is -0.737. The summed E-state index contributed by atoms with van der Waals surface area (Å²) in [7, 11) is 5.47. The van der Waals surface area contributed by atoms with Crippen molar-refractivity contribution >= 4 is 17.4 Å². The number of methoxy groups -OCH3 is 1. The summed E-state index contributed by atoms with van der Waals surface area (Å²) in [6.45, 7) is 3.86. The van der Waals surface area contributed by atoms with Crippen molar-refractivity contribution in [2.75, 3.05) is 40.9 Å². The Hall–Kier alpha value is -3.32. The fraction of sp³-hybridized carbons (Fsp3) is 0.407. The summed E-state index contributed by atoms with van der Waals surface area (Å²) >= 11 is 0. The SMILES string of the molecule is CCCCOc1ccc(/C(O)=C2\C(=O)C(=O)N(CCCN(C)C)[C@@H]2c2ccccc2OC)cc1. The molecule has 1 amide bonds. The number of Topliss-reactive ketones (excluding diaryl/α,β-unsaturated/α-hetero) is 1. The van der Waals surface area contributed by atoms with Crippen molar-refractivity contribution in [2.45, 2.75) is 32.2 Å². The van der Waals surface area contributed by atoms with Gasteiger partial charge in [0.2, 0.25) is 0 Å². The molecule has 1 aliphatic rings. The first-order chi connectivity index (χ1) is 16.4. The third-order valence-corrected chi connectivity index (χ3v) is 5.87. The molecule has 1 atom stereocenters. The molecule has 1 heterocycles. The van der Waals surface area contributed by atoms with Crippen LogP contribution >= 0.6 is 0 Å². The van der Waals surface area contributed by atoms with E-state index in [1.165, 1.54) is 4.90 Å². The largest absolute Gasteiger partial charge is 0.507 e. The van der Waals surface area contributed by atoms with Gasteiger partial charge in [-0.25, -0.2) is 0 Å².